The summed E-state index contributed by atoms with van der Waals surface area (Å²) in [5.74, 6) is 1.00. The number of nitrogens with zero attached hydrogens (tertiary/aromatic N) is 4. The lowest BCUT2D eigenvalue weighted by Gasteiger charge is -2.20. The Labute approximate surface area is 143 Å². The first kappa shape index (κ1) is 16.5. The number of hydrogen-bond donors (Lipinski definition) is 1. The van der Waals surface area contributed by atoms with Gasteiger partial charge in [0.1, 0.15) is 5.82 Å². The normalized spacial score (nSPS) is 13.2. The van der Waals surface area contributed by atoms with E-state index in [0.717, 1.165) is 12.4 Å². The maximum atomic E-state index is 4.53. The molecule has 0 radical (unpaired) electrons. The number of benzene rings is 1. The molecular weight excluding hydrogens is 298 g/mol. The standard InChI is InChI=1S/C19H25N5/c1-19(2,3)24-14-15(13-22-24)12-21-17(16-8-6-5-7-9-16)18-20-10-11-23(18)4/h5-11,13-14,17,21H,12H2,1-4H3/t17-/m0/s1. The van der Waals surface area contributed by atoms with Crippen LogP contribution < -0.4 is 5.32 Å². The Morgan fingerprint density at radius 3 is 2.50 bits per heavy atom. The number of imidazole rings is 1. The molecule has 1 aromatic carbocycles. The Hall–Kier alpha value is -2.40. The zero-order valence-electron chi connectivity index (χ0n) is 14.8. The fourth-order valence-corrected chi connectivity index (χ4v) is 2.70. The molecule has 5 heteroatoms. The fourth-order valence-electron chi connectivity index (χ4n) is 2.70. The first-order valence-electron chi connectivity index (χ1n) is 8.25. The maximum absolute atomic E-state index is 4.53. The Bertz CT molecular complexity index is 779. The second-order valence-electron chi connectivity index (χ2n) is 7.08. The van der Waals surface area contributed by atoms with Gasteiger partial charge in [-0.05, 0) is 26.3 Å². The van der Waals surface area contributed by atoms with Gasteiger partial charge in [-0.1, -0.05) is 30.3 Å². The van der Waals surface area contributed by atoms with Crippen LogP contribution in [0.1, 0.15) is 43.8 Å². The van der Waals surface area contributed by atoms with E-state index in [9.17, 15) is 0 Å². The summed E-state index contributed by atoms with van der Waals surface area (Å²) >= 11 is 0. The van der Waals surface area contributed by atoms with Gasteiger partial charge in [0.25, 0.3) is 0 Å². The second-order valence-corrected chi connectivity index (χ2v) is 7.08. The quantitative estimate of drug-likeness (QED) is 0.784. The van der Waals surface area contributed by atoms with Gasteiger partial charge in [0.2, 0.25) is 0 Å². The Morgan fingerprint density at radius 1 is 1.17 bits per heavy atom. The Morgan fingerprint density at radius 2 is 1.92 bits per heavy atom. The molecule has 0 spiro atoms. The van der Waals surface area contributed by atoms with Crippen LogP contribution in [0.5, 0.6) is 0 Å². The number of aromatic nitrogens is 4. The number of rotatable bonds is 5. The van der Waals surface area contributed by atoms with Crippen LogP contribution in [-0.4, -0.2) is 19.3 Å². The molecule has 24 heavy (non-hydrogen) atoms. The van der Waals surface area contributed by atoms with Crippen LogP contribution >= 0.6 is 0 Å². The molecule has 0 saturated carbocycles. The number of hydrogen-bond acceptors (Lipinski definition) is 3. The van der Waals surface area contributed by atoms with Crippen LogP contribution in [0.25, 0.3) is 0 Å². The predicted molar refractivity (Wildman–Crippen MR) is 95.6 cm³/mol. The van der Waals surface area contributed by atoms with Gasteiger partial charge in [-0.2, -0.15) is 5.10 Å². The third-order valence-corrected chi connectivity index (χ3v) is 4.08. The molecule has 2 heterocycles. The number of aryl methyl sites for hydroxylation is 1. The van der Waals surface area contributed by atoms with E-state index in [1.807, 2.05) is 36.4 Å². The summed E-state index contributed by atoms with van der Waals surface area (Å²) in [6.07, 6.45) is 7.85. The van der Waals surface area contributed by atoms with Crippen molar-refractivity contribution in [1.29, 1.82) is 0 Å². The average molecular weight is 323 g/mol. The highest BCUT2D eigenvalue weighted by molar-refractivity contribution is 5.25. The Kier molecular flexibility index (Phi) is 4.53. The molecule has 0 fully saturated rings. The molecule has 126 valence electrons. The van der Waals surface area contributed by atoms with Crippen LogP contribution in [-0.2, 0) is 19.1 Å². The summed E-state index contributed by atoms with van der Waals surface area (Å²) in [6.45, 7) is 7.19. The van der Waals surface area contributed by atoms with Gasteiger partial charge < -0.3 is 4.57 Å². The molecule has 3 rings (SSSR count). The van der Waals surface area contributed by atoms with Gasteiger partial charge in [-0.25, -0.2) is 4.98 Å². The van der Waals surface area contributed by atoms with Gasteiger partial charge in [-0.3, -0.25) is 10.00 Å². The summed E-state index contributed by atoms with van der Waals surface area (Å²) in [6, 6.07) is 10.5. The highest BCUT2D eigenvalue weighted by Gasteiger charge is 2.19. The highest BCUT2D eigenvalue weighted by Crippen LogP contribution is 2.21. The van der Waals surface area contributed by atoms with E-state index >= 15 is 0 Å². The summed E-state index contributed by atoms with van der Waals surface area (Å²) in [5.41, 5.74) is 2.37. The third kappa shape index (κ3) is 3.57. The van der Waals surface area contributed by atoms with Gasteiger partial charge in [-0.15, -0.1) is 0 Å². The zero-order valence-corrected chi connectivity index (χ0v) is 14.8. The minimum absolute atomic E-state index is 0.00322. The van der Waals surface area contributed by atoms with E-state index in [0.29, 0.717) is 0 Å². The van der Waals surface area contributed by atoms with Crippen molar-refractivity contribution in [1.82, 2.24) is 24.6 Å². The number of nitrogens with one attached hydrogen (secondary N) is 1. The van der Waals surface area contributed by atoms with Crippen LogP contribution in [0.2, 0.25) is 0 Å². The van der Waals surface area contributed by atoms with Crippen molar-refractivity contribution in [3.8, 4) is 0 Å². The summed E-state index contributed by atoms with van der Waals surface area (Å²) in [4.78, 5) is 4.53. The molecule has 0 unspecified atom stereocenters. The minimum atomic E-state index is -0.00322. The molecule has 3 aromatic rings. The van der Waals surface area contributed by atoms with Gasteiger partial charge in [0.15, 0.2) is 0 Å². The molecule has 1 N–H and O–H groups in total. The van der Waals surface area contributed by atoms with Gasteiger partial charge >= 0.3 is 0 Å². The molecule has 0 aliphatic carbocycles. The smallest absolute Gasteiger partial charge is 0.130 e. The molecule has 2 aromatic heterocycles. The van der Waals surface area contributed by atoms with Crippen LogP contribution in [0.3, 0.4) is 0 Å². The molecule has 0 aliphatic heterocycles. The van der Waals surface area contributed by atoms with E-state index < -0.39 is 0 Å². The van der Waals surface area contributed by atoms with Crippen molar-refractivity contribution in [2.24, 2.45) is 7.05 Å². The summed E-state index contributed by atoms with van der Waals surface area (Å²) in [7, 11) is 2.03. The lowest BCUT2D eigenvalue weighted by molar-refractivity contribution is 0.355. The van der Waals surface area contributed by atoms with Crippen LogP contribution in [0.15, 0.2) is 55.1 Å². The molecule has 0 amide bonds. The van der Waals surface area contributed by atoms with Gasteiger partial charge in [0, 0.05) is 37.7 Å². The average Bonchev–Trinajstić information content (AvgIpc) is 3.18. The van der Waals surface area contributed by atoms with Gasteiger partial charge in [0.05, 0.1) is 17.8 Å². The van der Waals surface area contributed by atoms with E-state index in [-0.39, 0.29) is 11.6 Å². The monoisotopic (exact) mass is 323 g/mol. The fraction of sp³-hybridized carbons (Fsp3) is 0.368. The molecule has 1 atom stereocenters. The molecule has 0 bridgehead atoms. The van der Waals surface area contributed by atoms with Crippen LogP contribution in [0.4, 0.5) is 0 Å². The minimum Gasteiger partial charge on any atom is -0.336 e. The van der Waals surface area contributed by atoms with Crippen molar-refractivity contribution in [2.75, 3.05) is 0 Å². The molecule has 0 saturated heterocycles. The summed E-state index contributed by atoms with van der Waals surface area (Å²) in [5, 5.41) is 8.10. The molecule has 5 nitrogen and oxygen atoms in total. The third-order valence-electron chi connectivity index (χ3n) is 4.08. The van der Waals surface area contributed by atoms with E-state index in [1.54, 1.807) is 0 Å². The van der Waals surface area contributed by atoms with E-state index in [2.05, 4.69) is 71.2 Å². The largest absolute Gasteiger partial charge is 0.336 e. The van der Waals surface area contributed by atoms with Crippen molar-refractivity contribution in [3.05, 3.63) is 72.1 Å². The topological polar surface area (TPSA) is 47.7 Å². The van der Waals surface area contributed by atoms with Crippen molar-refractivity contribution >= 4 is 0 Å². The summed E-state index contributed by atoms with van der Waals surface area (Å²) < 4.78 is 4.06. The second kappa shape index (κ2) is 6.61. The first-order valence-corrected chi connectivity index (χ1v) is 8.25. The predicted octanol–water partition coefficient (Wildman–Crippen LogP) is 3.25. The van der Waals surface area contributed by atoms with Crippen molar-refractivity contribution in [3.63, 3.8) is 0 Å². The SMILES string of the molecule is Cn1ccnc1[C@@H](NCc1cnn(C(C)(C)C)c1)c1ccccc1. The van der Waals surface area contributed by atoms with Crippen LogP contribution in [0, 0.1) is 0 Å². The Balaban J connectivity index is 1.81. The van der Waals surface area contributed by atoms with E-state index in [1.165, 1.54) is 11.1 Å². The first-order chi connectivity index (χ1) is 11.4. The lowest BCUT2D eigenvalue weighted by Crippen LogP contribution is -2.25. The molecule has 0 aliphatic rings. The highest BCUT2D eigenvalue weighted by atomic mass is 15.3. The lowest BCUT2D eigenvalue weighted by atomic mass is 10.1. The van der Waals surface area contributed by atoms with Crippen molar-refractivity contribution < 1.29 is 0 Å². The van der Waals surface area contributed by atoms with Crippen molar-refractivity contribution in [2.45, 2.75) is 38.9 Å². The maximum Gasteiger partial charge on any atom is 0.130 e. The van der Waals surface area contributed by atoms with E-state index in [4.69, 9.17) is 0 Å². The molecular formula is C19H25N5. The zero-order chi connectivity index (χ0) is 17.2.